The Bertz CT molecular complexity index is 632. The van der Waals surface area contributed by atoms with E-state index in [1.807, 2.05) is 42.5 Å². The molecule has 7 heteroatoms. The number of benzene rings is 2. The Morgan fingerprint density at radius 3 is 2.00 bits per heavy atom. The third-order valence-corrected chi connectivity index (χ3v) is 2.19. The Labute approximate surface area is 110 Å². The van der Waals surface area contributed by atoms with Crippen LogP contribution in [0.2, 0.25) is 0 Å². The maximum Gasteiger partial charge on any atom is 0.215 e. The van der Waals surface area contributed by atoms with Crippen LogP contribution in [0.1, 0.15) is 0 Å². The number of hydrogen-bond acceptors (Lipinski definition) is 4. The Balaban J connectivity index is 0.000000312. The van der Waals surface area contributed by atoms with Crippen LogP contribution in [0.3, 0.4) is 0 Å². The number of rotatable bonds is 1. The zero-order valence-electron chi connectivity index (χ0n) is 9.85. The zero-order chi connectivity index (χ0) is 14.5. The van der Waals surface area contributed by atoms with Gasteiger partial charge in [-0.2, -0.15) is 0 Å². The van der Waals surface area contributed by atoms with Gasteiger partial charge in [0.1, 0.15) is 0 Å². The van der Waals surface area contributed by atoms with Gasteiger partial charge in [0.25, 0.3) is 0 Å². The van der Waals surface area contributed by atoms with Crippen molar-refractivity contribution in [3.63, 3.8) is 0 Å². The summed E-state index contributed by atoms with van der Waals surface area (Å²) < 4.78 is 32.8. The van der Waals surface area contributed by atoms with Crippen molar-refractivity contribution in [3.05, 3.63) is 48.5 Å². The second kappa shape index (κ2) is 6.30. The van der Waals surface area contributed by atoms with Gasteiger partial charge in [-0.25, -0.2) is 8.42 Å². The molecular weight excluding hydrogens is 270 g/mol. The summed E-state index contributed by atoms with van der Waals surface area (Å²) in [6.45, 7) is 0. The van der Waals surface area contributed by atoms with Crippen molar-refractivity contribution < 1.29 is 28.4 Å². The van der Waals surface area contributed by atoms with Crippen LogP contribution >= 0.6 is 0 Å². The Kier molecular flexibility index (Phi) is 5.02. The van der Waals surface area contributed by atoms with E-state index in [-0.39, 0.29) is 5.75 Å². The molecule has 0 saturated carbocycles. The number of phenolic OH excluding ortho intramolecular Hbond substituents is 1. The predicted octanol–water partition coefficient (Wildman–Crippen LogP) is 0.937. The summed E-state index contributed by atoms with van der Waals surface area (Å²) in [5, 5.41) is 9.50. The third kappa shape index (κ3) is 5.98. The monoisotopic (exact) mass is 283 g/mol. The molecule has 0 bridgehead atoms. The van der Waals surface area contributed by atoms with Crippen molar-refractivity contribution in [3.8, 4) is 16.9 Å². The Morgan fingerprint density at radius 1 is 1.00 bits per heavy atom. The van der Waals surface area contributed by atoms with Crippen molar-refractivity contribution in [2.24, 2.45) is 0 Å². The van der Waals surface area contributed by atoms with Gasteiger partial charge in [0, 0.05) is 6.07 Å². The van der Waals surface area contributed by atoms with Crippen molar-refractivity contribution >= 4 is 16.1 Å². The molecule has 0 heterocycles. The molecule has 0 unspecified atom stereocenters. The standard InChI is InChI=1S/C12H11NO.H2O4S/c13-11-7-6-10(8-12(11)14)9-4-2-1-3-5-9;1-5(2,3)4/h1-8,14H,13H2;(H2,1,2,3,4). The molecule has 2 aromatic carbocycles. The molecule has 0 aliphatic carbocycles. The van der Waals surface area contributed by atoms with E-state index >= 15 is 0 Å². The molecule has 5 N–H and O–H groups in total. The lowest BCUT2D eigenvalue weighted by Gasteiger charge is -2.01. The van der Waals surface area contributed by atoms with Crippen LogP contribution in [-0.4, -0.2) is 22.6 Å². The van der Waals surface area contributed by atoms with Crippen molar-refractivity contribution in [1.29, 1.82) is 0 Å². The second-order valence-corrected chi connectivity index (χ2v) is 4.49. The molecule has 0 spiro atoms. The highest BCUT2D eigenvalue weighted by molar-refractivity contribution is 7.79. The first kappa shape index (κ1) is 15.1. The largest absolute Gasteiger partial charge is 0.726 e. The van der Waals surface area contributed by atoms with E-state index in [0.29, 0.717) is 5.69 Å². The highest BCUT2D eigenvalue weighted by atomic mass is 32.3. The van der Waals surface area contributed by atoms with Gasteiger partial charge >= 0.3 is 0 Å². The molecule has 19 heavy (non-hydrogen) atoms. The normalized spacial score (nSPS) is 10.5. The highest BCUT2D eigenvalue weighted by Crippen LogP contribution is 2.26. The van der Waals surface area contributed by atoms with E-state index in [1.165, 1.54) is 0 Å². The minimum Gasteiger partial charge on any atom is -0.726 e. The van der Waals surface area contributed by atoms with Gasteiger partial charge in [-0.1, -0.05) is 30.3 Å². The maximum atomic E-state index is 9.50. The van der Waals surface area contributed by atoms with Gasteiger partial charge in [-0.3, -0.25) is 4.55 Å². The molecule has 0 aromatic heterocycles. The lowest BCUT2D eigenvalue weighted by atomic mass is 10.1. The van der Waals surface area contributed by atoms with Crippen LogP contribution in [0.25, 0.3) is 11.1 Å². The van der Waals surface area contributed by atoms with Gasteiger partial charge < -0.3 is 15.4 Å². The summed E-state index contributed by atoms with van der Waals surface area (Å²) in [6.07, 6.45) is 0. The fourth-order valence-electron chi connectivity index (χ4n) is 1.37. The summed E-state index contributed by atoms with van der Waals surface area (Å²) in [5.41, 5.74) is 6.47. The van der Waals surface area contributed by atoms with Gasteiger partial charge in [0.15, 0.2) is 11.4 Å². The molecule has 0 aliphatic rings. The van der Waals surface area contributed by atoms with E-state index in [2.05, 4.69) is 5.73 Å². The average molecular weight is 283 g/mol. The number of hydrogen-bond donors (Lipinski definition) is 3. The molecule has 0 saturated heterocycles. The van der Waals surface area contributed by atoms with Crippen molar-refractivity contribution in [2.75, 3.05) is 0 Å². The van der Waals surface area contributed by atoms with Gasteiger partial charge in [-0.05, 0) is 23.3 Å². The van der Waals surface area contributed by atoms with Crippen LogP contribution in [-0.2, 0) is 10.4 Å². The summed E-state index contributed by atoms with van der Waals surface area (Å²) in [4.78, 5) is 0. The summed E-state index contributed by atoms with van der Waals surface area (Å²) >= 11 is 0. The van der Waals surface area contributed by atoms with Crippen LogP contribution in [0.4, 0.5) is 5.69 Å². The van der Waals surface area contributed by atoms with Crippen molar-refractivity contribution in [1.82, 2.24) is 0 Å². The molecule has 0 amide bonds. The highest BCUT2D eigenvalue weighted by Gasteiger charge is 2.02. The zero-order valence-corrected chi connectivity index (χ0v) is 10.7. The third-order valence-electron chi connectivity index (χ3n) is 2.19. The molecule has 0 fully saturated rings. The van der Waals surface area contributed by atoms with E-state index in [9.17, 15) is 5.11 Å². The summed E-state index contributed by atoms with van der Waals surface area (Å²) in [5.74, 6) is 0.242. The first-order valence-electron chi connectivity index (χ1n) is 5.16. The SMILES string of the molecule is O=S(=O)([O-])O.[NH3+]c1ccc(-c2ccccc2)cc1O. The molecule has 102 valence electrons. The van der Waals surface area contributed by atoms with Crippen molar-refractivity contribution in [2.45, 2.75) is 0 Å². The molecular formula is C12H13NO5S. The first-order chi connectivity index (χ1) is 8.77. The van der Waals surface area contributed by atoms with Crippen LogP contribution in [0.5, 0.6) is 5.75 Å². The fraction of sp³-hybridized carbons (Fsp3) is 0. The van der Waals surface area contributed by atoms with Gasteiger partial charge in [0.05, 0.1) is 0 Å². The minimum atomic E-state index is -4.92. The van der Waals surface area contributed by atoms with Crippen LogP contribution in [0.15, 0.2) is 48.5 Å². The Hall–Kier alpha value is -1.93. The minimum absolute atomic E-state index is 0.242. The molecule has 0 atom stereocenters. The molecule has 2 rings (SSSR count). The van der Waals surface area contributed by atoms with E-state index < -0.39 is 10.4 Å². The van der Waals surface area contributed by atoms with E-state index in [0.717, 1.165) is 11.1 Å². The molecule has 6 nitrogen and oxygen atoms in total. The molecule has 2 aromatic rings. The summed E-state index contributed by atoms with van der Waals surface area (Å²) in [7, 11) is -4.92. The van der Waals surface area contributed by atoms with Crippen LogP contribution < -0.4 is 5.73 Å². The number of phenols is 1. The van der Waals surface area contributed by atoms with E-state index in [1.54, 1.807) is 6.07 Å². The Morgan fingerprint density at radius 2 is 1.53 bits per heavy atom. The quantitative estimate of drug-likeness (QED) is 0.530. The topological polar surface area (TPSA) is 125 Å². The smallest absolute Gasteiger partial charge is 0.215 e. The number of quaternary nitrogens is 1. The molecule has 0 radical (unpaired) electrons. The fourth-order valence-corrected chi connectivity index (χ4v) is 1.37. The first-order valence-corrected chi connectivity index (χ1v) is 6.52. The van der Waals surface area contributed by atoms with Gasteiger partial charge in [-0.15, -0.1) is 0 Å². The predicted molar refractivity (Wildman–Crippen MR) is 68.4 cm³/mol. The second-order valence-electron chi connectivity index (χ2n) is 3.64. The summed E-state index contributed by atoms with van der Waals surface area (Å²) in [6, 6.07) is 15.5. The molecule has 0 aliphatic heterocycles. The van der Waals surface area contributed by atoms with Crippen LogP contribution in [0, 0.1) is 0 Å². The maximum absolute atomic E-state index is 9.50. The lowest BCUT2D eigenvalue weighted by molar-refractivity contribution is -0.256. The lowest BCUT2D eigenvalue weighted by Crippen LogP contribution is -2.40. The number of aromatic hydroxyl groups is 1. The average Bonchev–Trinajstić information content (AvgIpc) is 2.32. The van der Waals surface area contributed by atoms with Gasteiger partial charge in [0.2, 0.25) is 10.4 Å². The van der Waals surface area contributed by atoms with E-state index in [4.69, 9.17) is 17.5 Å².